The largest absolute Gasteiger partial charge is 0.411 e. The number of nitrogens with two attached hydrogens (primary N) is 1. The van der Waals surface area contributed by atoms with E-state index in [-0.39, 0.29) is 41.3 Å². The number of hydrogen-bond donors (Lipinski definition) is 1. The van der Waals surface area contributed by atoms with Crippen molar-refractivity contribution in [2.45, 2.75) is 25.2 Å². The molecule has 0 saturated heterocycles. The molecule has 34 heavy (non-hydrogen) atoms. The Kier molecular flexibility index (Phi) is 6.73. The van der Waals surface area contributed by atoms with Gasteiger partial charge in [-0.05, 0) is 36.8 Å². The smallest absolute Gasteiger partial charge is 0.332 e. The molecule has 0 saturated carbocycles. The molecule has 9 nitrogen and oxygen atoms in total. The van der Waals surface area contributed by atoms with E-state index in [1.54, 1.807) is 6.92 Å². The Morgan fingerprint density at radius 2 is 1.76 bits per heavy atom. The molecule has 0 radical (unpaired) electrons. The van der Waals surface area contributed by atoms with E-state index < -0.39 is 22.8 Å². The van der Waals surface area contributed by atoms with E-state index in [1.165, 1.54) is 28.8 Å². The minimum Gasteiger partial charge on any atom is -0.411 e. The highest BCUT2D eigenvalue weighted by Gasteiger charge is 2.23. The Balaban J connectivity index is 1.59. The van der Waals surface area contributed by atoms with E-state index in [2.05, 4.69) is 10.2 Å². The number of benzene rings is 2. The maximum atomic E-state index is 13.1. The Hall–Kier alpha value is -3.99. The summed E-state index contributed by atoms with van der Waals surface area (Å²) in [4.78, 5) is 38.7. The number of thioether (sulfide) groups is 1. The van der Waals surface area contributed by atoms with Crippen LogP contribution in [0.5, 0.6) is 0 Å². The number of anilines is 1. The van der Waals surface area contributed by atoms with Crippen LogP contribution in [-0.2, 0) is 13.1 Å². The topological polar surface area (TPSA) is 126 Å². The summed E-state index contributed by atoms with van der Waals surface area (Å²) in [5, 5.41) is 7.87. The molecule has 0 fully saturated rings. The lowest BCUT2D eigenvalue weighted by molar-refractivity contribution is 0.102. The summed E-state index contributed by atoms with van der Waals surface area (Å²) in [7, 11) is 0. The van der Waals surface area contributed by atoms with Crippen LogP contribution in [0.15, 0.2) is 73.8 Å². The molecule has 2 heterocycles. The number of carbonyl (C=O) groups excluding carboxylic acids is 1. The highest BCUT2D eigenvalue weighted by molar-refractivity contribution is 7.99. The molecule has 174 valence electrons. The van der Waals surface area contributed by atoms with Gasteiger partial charge in [-0.2, -0.15) is 0 Å². The molecule has 0 bridgehead atoms. The fraction of sp³-hybridized carbons (Fsp3) is 0.174. The van der Waals surface area contributed by atoms with Gasteiger partial charge in [-0.25, -0.2) is 9.18 Å². The number of carbonyl (C=O) groups is 1. The lowest BCUT2D eigenvalue weighted by atomic mass is 10.2. The summed E-state index contributed by atoms with van der Waals surface area (Å²) in [6.45, 7) is 1.85. The van der Waals surface area contributed by atoms with Crippen molar-refractivity contribution in [3.8, 4) is 11.5 Å². The van der Waals surface area contributed by atoms with Gasteiger partial charge in [0, 0.05) is 12.1 Å². The first-order valence-electron chi connectivity index (χ1n) is 10.3. The zero-order chi connectivity index (χ0) is 24.2. The van der Waals surface area contributed by atoms with Gasteiger partial charge in [-0.15, -0.1) is 10.2 Å². The second-order valence-corrected chi connectivity index (χ2v) is 8.18. The molecule has 2 N–H and O–H groups in total. The Bertz CT molecular complexity index is 1450. The second kappa shape index (κ2) is 9.87. The summed E-state index contributed by atoms with van der Waals surface area (Å²) in [5.41, 5.74) is 5.89. The lowest BCUT2D eigenvalue weighted by Crippen LogP contribution is -2.44. The average Bonchev–Trinajstić information content (AvgIpc) is 3.31. The number of hydrogen-bond acceptors (Lipinski definition) is 8. The average molecular weight is 482 g/mol. The normalized spacial score (nSPS) is 11.0. The number of halogens is 1. The monoisotopic (exact) mass is 481 g/mol. The molecule has 0 unspecified atom stereocenters. The van der Waals surface area contributed by atoms with Gasteiger partial charge in [0.15, 0.2) is 5.78 Å². The first-order chi connectivity index (χ1) is 16.4. The fourth-order valence-electron chi connectivity index (χ4n) is 3.35. The van der Waals surface area contributed by atoms with Gasteiger partial charge in [-0.1, -0.05) is 42.1 Å². The van der Waals surface area contributed by atoms with Crippen LogP contribution in [0.1, 0.15) is 22.8 Å². The predicted molar refractivity (Wildman–Crippen MR) is 125 cm³/mol. The molecule has 0 amide bonds. The van der Waals surface area contributed by atoms with Gasteiger partial charge in [0.2, 0.25) is 5.89 Å². The number of rotatable bonds is 8. The highest BCUT2D eigenvalue weighted by Crippen LogP contribution is 2.24. The zero-order valence-corrected chi connectivity index (χ0v) is 18.9. The molecule has 4 aromatic rings. The predicted octanol–water partition coefficient (Wildman–Crippen LogP) is 2.82. The summed E-state index contributed by atoms with van der Waals surface area (Å²) in [5.74, 6) is -1.20. The Morgan fingerprint density at radius 3 is 2.44 bits per heavy atom. The van der Waals surface area contributed by atoms with E-state index >= 15 is 0 Å². The van der Waals surface area contributed by atoms with Crippen molar-refractivity contribution in [2.75, 3.05) is 11.5 Å². The van der Waals surface area contributed by atoms with Gasteiger partial charge in [0.25, 0.3) is 10.8 Å². The van der Waals surface area contributed by atoms with Crippen LogP contribution in [0.25, 0.3) is 11.5 Å². The quantitative estimate of drug-likeness (QED) is 0.301. The molecular weight excluding hydrogens is 461 g/mol. The van der Waals surface area contributed by atoms with E-state index in [9.17, 15) is 18.8 Å². The molecule has 11 heteroatoms. The number of nitrogen functional groups attached to an aromatic ring is 1. The second-order valence-electron chi connectivity index (χ2n) is 7.26. The number of aromatic nitrogens is 4. The third-order valence-electron chi connectivity index (χ3n) is 5.07. The van der Waals surface area contributed by atoms with Crippen molar-refractivity contribution in [1.82, 2.24) is 19.3 Å². The van der Waals surface area contributed by atoms with Crippen LogP contribution in [0.4, 0.5) is 10.2 Å². The van der Waals surface area contributed by atoms with Gasteiger partial charge in [0.05, 0.1) is 12.3 Å². The van der Waals surface area contributed by atoms with Crippen molar-refractivity contribution in [2.24, 2.45) is 0 Å². The first kappa shape index (κ1) is 23.2. The standard InChI is InChI=1S/C23H20FN5O4S/c1-2-28-21(31)18(19(25)29(23(28)32)12-14-6-4-3-5-7-14)17(30)13-34-22-27-26-20(33-22)15-8-10-16(24)11-9-15/h3-11H,2,12-13,25H2,1H3. The fourth-order valence-corrected chi connectivity index (χ4v) is 3.99. The van der Waals surface area contributed by atoms with E-state index in [0.717, 1.165) is 21.9 Å². The SMILES string of the molecule is CCn1c(=O)c(C(=O)CSc2nnc(-c3ccc(F)cc3)o2)c(N)n(Cc2ccccc2)c1=O. The minimum absolute atomic E-state index is 0.0881. The molecule has 0 aliphatic heterocycles. The Labute approximate surface area is 197 Å². The molecule has 0 aliphatic rings. The maximum absolute atomic E-state index is 13.1. The van der Waals surface area contributed by atoms with Gasteiger partial charge in [-0.3, -0.25) is 18.7 Å². The third kappa shape index (κ3) is 4.69. The van der Waals surface area contributed by atoms with Crippen molar-refractivity contribution in [3.63, 3.8) is 0 Å². The summed E-state index contributed by atoms with van der Waals surface area (Å²) in [6.07, 6.45) is 0. The number of ketones is 1. The van der Waals surface area contributed by atoms with Crippen LogP contribution in [0.2, 0.25) is 0 Å². The molecule has 4 rings (SSSR count). The molecule has 0 aliphatic carbocycles. The number of Topliss-reactive ketones (excluding diaryl/α,β-unsaturated/α-hetero) is 1. The highest BCUT2D eigenvalue weighted by atomic mass is 32.2. The van der Waals surface area contributed by atoms with Crippen molar-refractivity contribution in [1.29, 1.82) is 0 Å². The summed E-state index contributed by atoms with van der Waals surface area (Å²) in [6, 6.07) is 14.6. The number of nitrogens with zero attached hydrogens (tertiary/aromatic N) is 4. The summed E-state index contributed by atoms with van der Waals surface area (Å²) < 4.78 is 20.8. The van der Waals surface area contributed by atoms with Crippen LogP contribution in [0, 0.1) is 5.82 Å². The third-order valence-corrected chi connectivity index (χ3v) is 5.89. The van der Waals surface area contributed by atoms with Gasteiger partial charge >= 0.3 is 5.69 Å². The van der Waals surface area contributed by atoms with Gasteiger partial charge in [0.1, 0.15) is 17.2 Å². The first-order valence-corrected chi connectivity index (χ1v) is 11.3. The van der Waals surface area contributed by atoms with Crippen molar-refractivity contribution < 1.29 is 13.6 Å². The molecule has 2 aromatic carbocycles. The van der Waals surface area contributed by atoms with Crippen LogP contribution < -0.4 is 17.0 Å². The molecule has 0 atom stereocenters. The van der Waals surface area contributed by atoms with E-state index in [1.807, 2.05) is 30.3 Å². The minimum atomic E-state index is -0.738. The van der Waals surface area contributed by atoms with Crippen molar-refractivity contribution in [3.05, 3.63) is 92.4 Å². The van der Waals surface area contributed by atoms with Crippen LogP contribution >= 0.6 is 11.8 Å². The Morgan fingerprint density at radius 1 is 1.06 bits per heavy atom. The zero-order valence-electron chi connectivity index (χ0n) is 18.1. The van der Waals surface area contributed by atoms with E-state index in [0.29, 0.717) is 5.56 Å². The molecule has 0 spiro atoms. The van der Waals surface area contributed by atoms with Crippen LogP contribution in [0.3, 0.4) is 0 Å². The lowest BCUT2D eigenvalue weighted by Gasteiger charge is -2.15. The van der Waals surface area contributed by atoms with Crippen LogP contribution in [-0.4, -0.2) is 30.9 Å². The van der Waals surface area contributed by atoms with Gasteiger partial charge < -0.3 is 10.2 Å². The van der Waals surface area contributed by atoms with E-state index in [4.69, 9.17) is 10.2 Å². The van der Waals surface area contributed by atoms with Crippen molar-refractivity contribution >= 4 is 23.4 Å². The summed E-state index contributed by atoms with van der Waals surface area (Å²) >= 11 is 0.932. The maximum Gasteiger partial charge on any atom is 0.332 e. The molecule has 2 aromatic heterocycles. The molecular formula is C23H20FN5O4S.